The van der Waals surface area contributed by atoms with Crippen LogP contribution >= 0.6 is 0 Å². The molecule has 6 heteroatoms. The lowest BCUT2D eigenvalue weighted by Crippen LogP contribution is -2.28. The van der Waals surface area contributed by atoms with Crippen molar-refractivity contribution in [2.24, 2.45) is 5.92 Å². The highest BCUT2D eigenvalue weighted by atomic mass is 19.4. The van der Waals surface area contributed by atoms with Gasteiger partial charge in [-0.05, 0) is 25.3 Å². The minimum Gasteiger partial charge on any atom is -0.317 e. The minimum absolute atomic E-state index is 0.0726. The van der Waals surface area contributed by atoms with Crippen molar-refractivity contribution in [1.29, 1.82) is 0 Å². The Hall–Kier alpha value is -1.20. The van der Waals surface area contributed by atoms with Crippen molar-refractivity contribution >= 4 is 13.2 Å². The molecule has 0 bridgehead atoms. The minimum atomic E-state index is -4.29. The predicted octanol–water partition coefficient (Wildman–Crippen LogP) is 3.17. The SMILES string of the molecule is C[B]C1CCN(C2=CC(C(F)(F)F)C=CCC2)C1=O. The first-order valence-corrected chi connectivity index (χ1v) is 6.48. The zero-order valence-electron chi connectivity index (χ0n) is 10.8. The number of amides is 1. The first-order chi connectivity index (χ1) is 8.93. The number of carbonyl (C=O) groups is 1. The summed E-state index contributed by atoms with van der Waals surface area (Å²) in [4.78, 5) is 13.6. The molecule has 2 atom stereocenters. The van der Waals surface area contributed by atoms with Crippen LogP contribution in [0.5, 0.6) is 0 Å². The molecule has 0 N–H and O–H groups in total. The van der Waals surface area contributed by atoms with Crippen molar-refractivity contribution in [1.82, 2.24) is 4.90 Å². The van der Waals surface area contributed by atoms with E-state index < -0.39 is 12.1 Å². The molecule has 1 saturated heterocycles. The van der Waals surface area contributed by atoms with E-state index in [9.17, 15) is 18.0 Å². The summed E-state index contributed by atoms with van der Waals surface area (Å²) in [6.07, 6.45) is 1.36. The Morgan fingerprint density at radius 3 is 2.74 bits per heavy atom. The Labute approximate surface area is 111 Å². The largest absolute Gasteiger partial charge is 0.398 e. The van der Waals surface area contributed by atoms with E-state index in [2.05, 4.69) is 0 Å². The third-order valence-corrected chi connectivity index (χ3v) is 3.66. The summed E-state index contributed by atoms with van der Waals surface area (Å²) in [5.74, 6) is -1.81. The van der Waals surface area contributed by atoms with Crippen LogP contribution < -0.4 is 0 Å². The Morgan fingerprint density at radius 2 is 2.16 bits per heavy atom. The molecular formula is C13H16BF3NO. The number of rotatable bonds is 2. The highest BCUT2D eigenvalue weighted by molar-refractivity contribution is 6.43. The Balaban J connectivity index is 2.20. The Bertz CT molecular complexity index is 417. The van der Waals surface area contributed by atoms with Crippen LogP contribution in [-0.2, 0) is 4.79 Å². The second kappa shape index (κ2) is 5.43. The van der Waals surface area contributed by atoms with E-state index in [1.54, 1.807) is 6.08 Å². The second-order valence-electron chi connectivity index (χ2n) is 4.91. The van der Waals surface area contributed by atoms with Gasteiger partial charge < -0.3 is 4.90 Å². The van der Waals surface area contributed by atoms with Crippen LogP contribution in [0.25, 0.3) is 0 Å². The molecule has 1 radical (unpaired) electrons. The first kappa shape index (κ1) is 14.2. The fourth-order valence-electron chi connectivity index (χ4n) is 2.55. The van der Waals surface area contributed by atoms with Gasteiger partial charge in [-0.3, -0.25) is 4.79 Å². The number of nitrogens with zero attached hydrogens (tertiary/aromatic N) is 1. The summed E-state index contributed by atoms with van der Waals surface area (Å²) in [7, 11) is 1.82. The molecule has 0 saturated carbocycles. The van der Waals surface area contributed by atoms with Crippen molar-refractivity contribution in [3.63, 3.8) is 0 Å². The number of likely N-dealkylation sites (tertiary alicyclic amines) is 1. The number of alkyl halides is 3. The lowest BCUT2D eigenvalue weighted by molar-refractivity contribution is -0.149. The topological polar surface area (TPSA) is 20.3 Å². The number of hydrogen-bond acceptors (Lipinski definition) is 1. The summed E-state index contributed by atoms with van der Waals surface area (Å²) >= 11 is 0. The average molecular weight is 270 g/mol. The maximum absolute atomic E-state index is 12.8. The number of hydrogen-bond donors (Lipinski definition) is 0. The molecule has 1 fully saturated rings. The molecule has 2 unspecified atom stereocenters. The Morgan fingerprint density at radius 1 is 1.42 bits per heavy atom. The van der Waals surface area contributed by atoms with E-state index >= 15 is 0 Å². The van der Waals surface area contributed by atoms with E-state index in [1.807, 2.05) is 14.1 Å². The van der Waals surface area contributed by atoms with Gasteiger partial charge in [0.1, 0.15) is 7.28 Å². The summed E-state index contributed by atoms with van der Waals surface area (Å²) in [6, 6.07) is 0. The monoisotopic (exact) mass is 270 g/mol. The number of allylic oxidation sites excluding steroid dienone is 4. The molecular weight excluding hydrogens is 254 g/mol. The van der Waals surface area contributed by atoms with Gasteiger partial charge in [0.2, 0.25) is 5.91 Å². The van der Waals surface area contributed by atoms with Crippen molar-refractivity contribution in [2.45, 2.75) is 38.1 Å². The van der Waals surface area contributed by atoms with E-state index in [0.717, 1.165) is 0 Å². The Kier molecular flexibility index (Phi) is 4.06. The molecule has 0 aromatic rings. The van der Waals surface area contributed by atoms with Crippen LogP contribution in [0.15, 0.2) is 23.9 Å². The van der Waals surface area contributed by atoms with Crippen LogP contribution in [0.4, 0.5) is 13.2 Å². The molecule has 2 rings (SSSR count). The van der Waals surface area contributed by atoms with Gasteiger partial charge in [0.05, 0.1) is 5.92 Å². The zero-order chi connectivity index (χ0) is 14.0. The van der Waals surface area contributed by atoms with Gasteiger partial charge in [0.15, 0.2) is 0 Å². The standard InChI is InChI=1S/C13H16BF3NO/c1-14-11-6-7-18(12(11)19)10-5-3-2-4-9(8-10)13(15,16)17/h2,4,8-9,11H,3,5-7H2,1H3. The lowest BCUT2D eigenvalue weighted by atomic mass is 9.66. The molecule has 0 aromatic carbocycles. The van der Waals surface area contributed by atoms with Gasteiger partial charge in [0.25, 0.3) is 0 Å². The van der Waals surface area contributed by atoms with Gasteiger partial charge >= 0.3 is 6.18 Å². The van der Waals surface area contributed by atoms with Crippen molar-refractivity contribution in [3.05, 3.63) is 23.9 Å². The maximum atomic E-state index is 12.8. The van der Waals surface area contributed by atoms with E-state index in [-0.39, 0.29) is 11.7 Å². The summed E-state index contributed by atoms with van der Waals surface area (Å²) in [5, 5.41) is 0. The van der Waals surface area contributed by atoms with E-state index in [1.165, 1.54) is 17.1 Å². The molecule has 1 aliphatic carbocycles. The summed E-state index contributed by atoms with van der Waals surface area (Å²) < 4.78 is 38.5. The van der Waals surface area contributed by atoms with Crippen LogP contribution in [0.3, 0.4) is 0 Å². The van der Waals surface area contributed by atoms with Gasteiger partial charge in [-0.15, -0.1) is 0 Å². The highest BCUT2D eigenvalue weighted by Gasteiger charge is 2.39. The quantitative estimate of drug-likeness (QED) is 0.557. The molecule has 0 aromatic heterocycles. The molecule has 103 valence electrons. The molecule has 1 heterocycles. The highest BCUT2D eigenvalue weighted by Crippen LogP contribution is 2.35. The summed E-state index contributed by atoms with van der Waals surface area (Å²) in [5.41, 5.74) is 0.515. The third-order valence-electron chi connectivity index (χ3n) is 3.66. The molecule has 2 aliphatic rings. The number of carbonyl (C=O) groups excluding carboxylic acids is 1. The molecule has 0 spiro atoms. The summed E-state index contributed by atoms with van der Waals surface area (Å²) in [6.45, 7) is 2.33. The van der Waals surface area contributed by atoms with Crippen LogP contribution in [0, 0.1) is 5.92 Å². The smallest absolute Gasteiger partial charge is 0.317 e. The maximum Gasteiger partial charge on any atom is 0.398 e. The normalized spacial score (nSPS) is 28.3. The van der Waals surface area contributed by atoms with Crippen molar-refractivity contribution in [3.8, 4) is 0 Å². The van der Waals surface area contributed by atoms with Gasteiger partial charge in [0, 0.05) is 18.1 Å². The van der Waals surface area contributed by atoms with Crippen LogP contribution in [0.1, 0.15) is 19.3 Å². The molecule has 1 amide bonds. The first-order valence-electron chi connectivity index (χ1n) is 6.48. The third kappa shape index (κ3) is 3.04. The number of halogens is 3. The lowest BCUT2D eigenvalue weighted by Gasteiger charge is -2.22. The van der Waals surface area contributed by atoms with Gasteiger partial charge in [-0.2, -0.15) is 13.2 Å². The molecule has 19 heavy (non-hydrogen) atoms. The predicted molar refractivity (Wildman–Crippen MR) is 67.7 cm³/mol. The van der Waals surface area contributed by atoms with Crippen molar-refractivity contribution < 1.29 is 18.0 Å². The van der Waals surface area contributed by atoms with Crippen LogP contribution in [0.2, 0.25) is 12.6 Å². The van der Waals surface area contributed by atoms with Gasteiger partial charge in [-0.25, -0.2) is 0 Å². The fraction of sp³-hybridized carbons (Fsp3) is 0.615. The zero-order valence-corrected chi connectivity index (χ0v) is 10.8. The molecule has 2 nitrogen and oxygen atoms in total. The van der Waals surface area contributed by atoms with Gasteiger partial charge in [-0.1, -0.05) is 19.0 Å². The van der Waals surface area contributed by atoms with Crippen LogP contribution in [-0.4, -0.2) is 30.8 Å². The molecule has 1 aliphatic heterocycles. The van der Waals surface area contributed by atoms with E-state index in [0.29, 0.717) is 31.5 Å². The van der Waals surface area contributed by atoms with E-state index in [4.69, 9.17) is 0 Å². The average Bonchev–Trinajstić information content (AvgIpc) is 2.57. The van der Waals surface area contributed by atoms with Crippen molar-refractivity contribution in [2.75, 3.05) is 6.54 Å². The second-order valence-corrected chi connectivity index (χ2v) is 4.91. The fourth-order valence-corrected chi connectivity index (χ4v) is 2.55.